The Hall–Kier alpha value is -2.11. The van der Waals surface area contributed by atoms with Crippen LogP contribution in [0.2, 0.25) is 0 Å². The van der Waals surface area contributed by atoms with Crippen LogP contribution in [-0.2, 0) is 9.53 Å². The number of carbonyl (C=O) groups is 1. The van der Waals surface area contributed by atoms with Crippen molar-refractivity contribution < 1.29 is 14.3 Å². The Morgan fingerprint density at radius 3 is 2.95 bits per heavy atom. The van der Waals surface area contributed by atoms with Crippen molar-refractivity contribution >= 4 is 16.9 Å². The zero-order chi connectivity index (χ0) is 15.1. The summed E-state index contributed by atoms with van der Waals surface area (Å²) in [6.07, 6.45) is 7.74. The van der Waals surface area contributed by atoms with Crippen molar-refractivity contribution in [1.82, 2.24) is 15.0 Å². The van der Waals surface area contributed by atoms with E-state index in [4.69, 9.17) is 9.47 Å². The van der Waals surface area contributed by atoms with Gasteiger partial charge in [0.05, 0.1) is 24.6 Å². The standard InChI is InChI=1S/C15H21N3O3/c1-3-11(2)14(19)20-6-4-5-7-21-15-17-9-12-8-16-10-13(12)18-15/h8-11,16H,3-7H2,1-2H3. The molecule has 2 rings (SSSR count). The molecule has 0 amide bonds. The lowest BCUT2D eigenvalue weighted by atomic mass is 10.1. The van der Waals surface area contributed by atoms with Crippen molar-refractivity contribution in [3.63, 3.8) is 0 Å². The molecule has 0 saturated carbocycles. The van der Waals surface area contributed by atoms with Gasteiger partial charge in [0.2, 0.25) is 0 Å². The molecule has 2 aromatic rings. The molecule has 0 fully saturated rings. The quantitative estimate of drug-likeness (QED) is 0.597. The van der Waals surface area contributed by atoms with E-state index in [1.807, 2.05) is 20.0 Å². The number of aromatic amines is 1. The van der Waals surface area contributed by atoms with Crippen molar-refractivity contribution in [2.24, 2.45) is 5.92 Å². The molecular formula is C15H21N3O3. The number of hydrogen-bond donors (Lipinski definition) is 1. The minimum atomic E-state index is -0.125. The molecule has 2 heterocycles. The van der Waals surface area contributed by atoms with Crippen LogP contribution in [0.1, 0.15) is 33.1 Å². The molecule has 6 heteroatoms. The van der Waals surface area contributed by atoms with Crippen molar-refractivity contribution in [3.8, 4) is 6.01 Å². The highest BCUT2D eigenvalue weighted by Crippen LogP contribution is 2.12. The van der Waals surface area contributed by atoms with Gasteiger partial charge in [-0.05, 0) is 19.3 Å². The predicted molar refractivity (Wildman–Crippen MR) is 79.0 cm³/mol. The number of fused-ring (bicyclic) bond motifs is 1. The van der Waals surface area contributed by atoms with Gasteiger partial charge in [0.1, 0.15) is 0 Å². The fraction of sp³-hybridized carbons (Fsp3) is 0.533. The summed E-state index contributed by atoms with van der Waals surface area (Å²) in [5, 5.41) is 0.958. The first-order valence-electron chi connectivity index (χ1n) is 7.29. The number of H-pyrrole nitrogens is 1. The van der Waals surface area contributed by atoms with Crippen molar-refractivity contribution in [3.05, 3.63) is 18.6 Å². The number of hydrogen-bond acceptors (Lipinski definition) is 5. The molecule has 0 saturated heterocycles. The van der Waals surface area contributed by atoms with E-state index in [-0.39, 0.29) is 11.9 Å². The molecule has 0 bridgehead atoms. The molecule has 0 aliphatic heterocycles. The van der Waals surface area contributed by atoms with E-state index < -0.39 is 0 Å². The van der Waals surface area contributed by atoms with E-state index in [0.717, 1.165) is 30.2 Å². The number of nitrogens with one attached hydrogen (secondary N) is 1. The number of carbonyl (C=O) groups excluding carboxylic acids is 1. The van der Waals surface area contributed by atoms with Gasteiger partial charge in [-0.2, -0.15) is 4.98 Å². The van der Waals surface area contributed by atoms with Crippen LogP contribution in [0.4, 0.5) is 0 Å². The third-order valence-electron chi connectivity index (χ3n) is 3.31. The monoisotopic (exact) mass is 291 g/mol. The fourth-order valence-electron chi connectivity index (χ4n) is 1.74. The lowest BCUT2D eigenvalue weighted by Crippen LogP contribution is -2.15. The summed E-state index contributed by atoms with van der Waals surface area (Å²) in [6.45, 7) is 4.79. The maximum atomic E-state index is 11.5. The van der Waals surface area contributed by atoms with Crippen molar-refractivity contribution in [2.75, 3.05) is 13.2 Å². The van der Waals surface area contributed by atoms with Crippen LogP contribution >= 0.6 is 0 Å². The summed E-state index contributed by atoms with van der Waals surface area (Å²) in [5.74, 6) is -0.151. The van der Waals surface area contributed by atoms with Gasteiger partial charge in [0, 0.05) is 24.0 Å². The zero-order valence-corrected chi connectivity index (χ0v) is 12.5. The molecule has 0 aliphatic carbocycles. The Kier molecular flexibility index (Phi) is 5.54. The molecule has 1 unspecified atom stereocenters. The molecule has 2 aromatic heterocycles. The highest BCUT2D eigenvalue weighted by atomic mass is 16.5. The van der Waals surface area contributed by atoms with E-state index in [1.54, 1.807) is 12.4 Å². The third-order valence-corrected chi connectivity index (χ3v) is 3.31. The Morgan fingerprint density at radius 2 is 2.14 bits per heavy atom. The summed E-state index contributed by atoms with van der Waals surface area (Å²) in [7, 11) is 0. The highest BCUT2D eigenvalue weighted by Gasteiger charge is 2.11. The van der Waals surface area contributed by atoms with E-state index in [9.17, 15) is 4.79 Å². The second kappa shape index (κ2) is 7.61. The number of rotatable bonds is 8. The van der Waals surface area contributed by atoms with Gasteiger partial charge >= 0.3 is 12.0 Å². The first-order chi connectivity index (χ1) is 10.2. The molecule has 0 radical (unpaired) electrons. The Morgan fingerprint density at radius 1 is 1.33 bits per heavy atom. The SMILES string of the molecule is CCC(C)C(=O)OCCCCOc1ncc2c[nH]cc2n1. The summed E-state index contributed by atoms with van der Waals surface area (Å²) >= 11 is 0. The average Bonchev–Trinajstić information content (AvgIpc) is 2.97. The van der Waals surface area contributed by atoms with Crippen LogP contribution in [0.3, 0.4) is 0 Å². The molecule has 6 nitrogen and oxygen atoms in total. The maximum absolute atomic E-state index is 11.5. The smallest absolute Gasteiger partial charge is 0.316 e. The molecular weight excluding hydrogens is 270 g/mol. The second-order valence-corrected chi connectivity index (χ2v) is 4.98. The van der Waals surface area contributed by atoms with Crippen molar-refractivity contribution in [2.45, 2.75) is 33.1 Å². The number of nitrogens with zero attached hydrogens (tertiary/aromatic N) is 2. The molecule has 114 valence electrons. The Labute approximate surface area is 123 Å². The van der Waals surface area contributed by atoms with Crippen LogP contribution < -0.4 is 4.74 Å². The summed E-state index contributed by atoms with van der Waals surface area (Å²) in [6, 6.07) is 0.374. The minimum absolute atomic E-state index is 0.0253. The van der Waals surface area contributed by atoms with Crippen LogP contribution in [0.5, 0.6) is 6.01 Å². The van der Waals surface area contributed by atoms with Gasteiger partial charge in [-0.1, -0.05) is 13.8 Å². The average molecular weight is 291 g/mol. The summed E-state index contributed by atoms with van der Waals surface area (Å²) in [4.78, 5) is 22.8. The molecule has 0 spiro atoms. The van der Waals surface area contributed by atoms with Crippen LogP contribution in [0.15, 0.2) is 18.6 Å². The van der Waals surface area contributed by atoms with E-state index in [1.165, 1.54) is 0 Å². The molecule has 21 heavy (non-hydrogen) atoms. The summed E-state index contributed by atoms with van der Waals surface area (Å²) in [5.41, 5.74) is 0.836. The Balaban J connectivity index is 1.62. The van der Waals surface area contributed by atoms with Gasteiger partial charge in [-0.3, -0.25) is 4.79 Å². The molecule has 1 N–H and O–H groups in total. The maximum Gasteiger partial charge on any atom is 0.316 e. The largest absolute Gasteiger partial charge is 0.465 e. The highest BCUT2D eigenvalue weighted by molar-refractivity contribution is 5.76. The van der Waals surface area contributed by atoms with Gasteiger partial charge in [-0.15, -0.1) is 0 Å². The number of esters is 1. The predicted octanol–water partition coefficient (Wildman–Crippen LogP) is 2.71. The topological polar surface area (TPSA) is 77.1 Å². The Bertz CT molecular complexity index is 582. The van der Waals surface area contributed by atoms with Crippen LogP contribution in [0.25, 0.3) is 10.9 Å². The number of aromatic nitrogens is 3. The number of unbranched alkanes of at least 4 members (excludes halogenated alkanes) is 1. The van der Waals surface area contributed by atoms with Crippen LogP contribution in [-0.4, -0.2) is 34.1 Å². The molecule has 0 aromatic carbocycles. The zero-order valence-electron chi connectivity index (χ0n) is 12.5. The lowest BCUT2D eigenvalue weighted by Gasteiger charge is -2.09. The summed E-state index contributed by atoms with van der Waals surface area (Å²) < 4.78 is 10.6. The molecule has 0 aliphatic rings. The van der Waals surface area contributed by atoms with E-state index in [2.05, 4.69) is 15.0 Å². The lowest BCUT2D eigenvalue weighted by molar-refractivity contribution is -0.148. The van der Waals surface area contributed by atoms with Gasteiger partial charge < -0.3 is 14.5 Å². The first-order valence-corrected chi connectivity index (χ1v) is 7.29. The number of ether oxygens (including phenoxy) is 2. The van der Waals surface area contributed by atoms with E-state index >= 15 is 0 Å². The first kappa shape index (κ1) is 15.3. The second-order valence-electron chi connectivity index (χ2n) is 4.98. The van der Waals surface area contributed by atoms with E-state index in [0.29, 0.717) is 19.2 Å². The van der Waals surface area contributed by atoms with Gasteiger partial charge in [0.25, 0.3) is 0 Å². The van der Waals surface area contributed by atoms with Gasteiger partial charge in [0.15, 0.2) is 0 Å². The molecule has 1 atom stereocenters. The van der Waals surface area contributed by atoms with Gasteiger partial charge in [-0.25, -0.2) is 4.98 Å². The van der Waals surface area contributed by atoms with Crippen LogP contribution in [0, 0.1) is 5.92 Å². The normalized spacial score (nSPS) is 12.3. The van der Waals surface area contributed by atoms with Crippen molar-refractivity contribution in [1.29, 1.82) is 0 Å². The minimum Gasteiger partial charge on any atom is -0.465 e. The third kappa shape index (κ3) is 4.44. The fourth-order valence-corrected chi connectivity index (χ4v) is 1.74.